The van der Waals surface area contributed by atoms with Crippen LogP contribution in [0.1, 0.15) is 6.92 Å². The Hall–Kier alpha value is -1.89. The van der Waals surface area contributed by atoms with Crippen molar-refractivity contribution >= 4 is 26.2 Å². The Kier molecular flexibility index (Phi) is 8.15. The van der Waals surface area contributed by atoms with Crippen molar-refractivity contribution < 1.29 is 65.3 Å². The Morgan fingerprint density at radius 2 is 1.27 bits per heavy atom. The van der Waals surface area contributed by atoms with E-state index < -0.39 is 42.9 Å². The van der Waals surface area contributed by atoms with Crippen LogP contribution in [0.2, 0.25) is 0 Å². The molecule has 30 heavy (non-hydrogen) atoms. The van der Waals surface area contributed by atoms with Gasteiger partial charge in [0.25, 0.3) is 0 Å². The lowest BCUT2D eigenvalue weighted by Gasteiger charge is -2.31. The highest BCUT2D eigenvalue weighted by atomic mass is 32.3. The van der Waals surface area contributed by atoms with Gasteiger partial charge in [0.05, 0.1) is 12.7 Å². The van der Waals surface area contributed by atoms with Gasteiger partial charge in [0, 0.05) is 0 Å². The SMILES string of the molecule is C=Cn1cc[n+](CC)c1.O=S(=O)([N-]S(=O)(=O)C(F)(F)C(F)(F)F)C(F)(F)C(F)(F)F. The lowest BCUT2D eigenvalue weighted by Crippen LogP contribution is -2.48. The van der Waals surface area contributed by atoms with Crippen molar-refractivity contribution in [3.05, 3.63) is 29.4 Å². The standard InChI is InChI=1S/C7H11N2.C4F10NO4S2/c1-3-8-5-6-9(4-2)7-8;5-1(6,7)3(11,12)20(16,17)15-21(18,19)4(13,14)2(8,9)10/h3,5-7H,1,4H2,2H3;/q+1;-1. The molecule has 1 heterocycles. The number of hydrogen-bond donors (Lipinski definition) is 0. The molecule has 0 saturated heterocycles. The van der Waals surface area contributed by atoms with Gasteiger partial charge in [0.2, 0.25) is 6.33 Å². The maximum absolute atomic E-state index is 12.3. The van der Waals surface area contributed by atoms with Gasteiger partial charge in [0.1, 0.15) is 12.4 Å². The maximum atomic E-state index is 12.3. The number of halogens is 10. The van der Waals surface area contributed by atoms with E-state index in [1.54, 1.807) is 6.20 Å². The minimum absolute atomic E-state index is 0.422. The number of aryl methyl sites for hydroxylation is 1. The summed E-state index contributed by atoms with van der Waals surface area (Å²) in [7, 11) is -15.2. The molecule has 1 aromatic rings. The Morgan fingerprint density at radius 3 is 1.47 bits per heavy atom. The zero-order chi connectivity index (χ0) is 24.4. The van der Waals surface area contributed by atoms with Gasteiger partial charge >= 0.3 is 22.9 Å². The Bertz CT molecular complexity index is 895. The van der Waals surface area contributed by atoms with E-state index >= 15 is 0 Å². The number of sulfonamides is 2. The molecule has 0 fully saturated rings. The fraction of sp³-hybridized carbons (Fsp3) is 0.545. The molecule has 1 rings (SSSR count). The Balaban J connectivity index is 0.000000769. The highest BCUT2D eigenvalue weighted by Gasteiger charge is 2.68. The largest absolute Gasteiger partial charge is 0.467 e. The van der Waals surface area contributed by atoms with Crippen LogP contribution in [0.3, 0.4) is 0 Å². The van der Waals surface area contributed by atoms with Crippen LogP contribution in [-0.4, -0.2) is 44.3 Å². The molecule has 0 radical (unpaired) electrons. The molecular weight excluding hydrogens is 492 g/mol. The van der Waals surface area contributed by atoms with Crippen molar-refractivity contribution in [2.75, 3.05) is 0 Å². The molecule has 19 heteroatoms. The highest BCUT2D eigenvalue weighted by Crippen LogP contribution is 2.47. The number of nitrogens with zero attached hydrogens (tertiary/aromatic N) is 3. The van der Waals surface area contributed by atoms with Crippen molar-refractivity contribution in [2.24, 2.45) is 0 Å². The minimum atomic E-state index is -7.62. The molecule has 0 N–H and O–H groups in total. The number of rotatable bonds is 6. The van der Waals surface area contributed by atoms with Gasteiger partial charge in [-0.3, -0.25) is 0 Å². The summed E-state index contributed by atoms with van der Waals surface area (Å²) in [4.78, 5) is 0. The Labute approximate surface area is 162 Å². The topological polar surface area (TPSA) is 91.2 Å². The third-order valence-electron chi connectivity index (χ3n) is 2.79. The van der Waals surface area contributed by atoms with Crippen LogP contribution in [0, 0.1) is 0 Å². The predicted molar refractivity (Wildman–Crippen MR) is 79.9 cm³/mol. The number of imidazole rings is 1. The Morgan fingerprint density at radius 1 is 0.900 bits per heavy atom. The van der Waals surface area contributed by atoms with E-state index in [1.807, 2.05) is 23.3 Å². The van der Waals surface area contributed by atoms with Gasteiger partial charge in [-0.2, -0.15) is 43.9 Å². The molecule has 0 unspecified atom stereocenters. The molecular formula is C11H11F10N3O4S2. The quantitative estimate of drug-likeness (QED) is 0.441. The summed E-state index contributed by atoms with van der Waals surface area (Å²) >= 11 is 0. The first-order chi connectivity index (χ1) is 13.1. The zero-order valence-electron chi connectivity index (χ0n) is 14.3. The molecule has 0 bridgehead atoms. The van der Waals surface area contributed by atoms with Crippen molar-refractivity contribution in [1.29, 1.82) is 0 Å². The van der Waals surface area contributed by atoms with Gasteiger partial charge in [-0.15, -0.1) is 0 Å². The molecule has 0 saturated carbocycles. The van der Waals surface area contributed by atoms with Crippen molar-refractivity contribution in [3.8, 4) is 0 Å². The van der Waals surface area contributed by atoms with Crippen molar-refractivity contribution in [1.82, 2.24) is 4.57 Å². The summed E-state index contributed by atoms with van der Waals surface area (Å²) in [5.41, 5.74) is 0. The van der Waals surface area contributed by atoms with E-state index in [-0.39, 0.29) is 0 Å². The molecule has 0 atom stereocenters. The van der Waals surface area contributed by atoms with E-state index in [2.05, 4.69) is 18.1 Å². The summed E-state index contributed by atoms with van der Waals surface area (Å²) in [6, 6.07) is 0. The molecule has 0 aliphatic carbocycles. The summed E-state index contributed by atoms with van der Waals surface area (Å²) < 4.78 is 165. The van der Waals surface area contributed by atoms with E-state index in [4.69, 9.17) is 0 Å². The van der Waals surface area contributed by atoms with Crippen LogP contribution in [0.15, 0.2) is 25.3 Å². The summed E-state index contributed by atoms with van der Waals surface area (Å²) in [6.07, 6.45) is -6.26. The average molecular weight is 503 g/mol. The van der Waals surface area contributed by atoms with E-state index in [0.29, 0.717) is 4.13 Å². The second kappa shape index (κ2) is 8.69. The van der Waals surface area contributed by atoms with Crippen LogP contribution in [0.5, 0.6) is 0 Å². The fourth-order valence-corrected chi connectivity index (χ4v) is 3.59. The molecule has 176 valence electrons. The van der Waals surface area contributed by atoms with Crippen molar-refractivity contribution in [3.63, 3.8) is 0 Å². The van der Waals surface area contributed by atoms with E-state index in [0.717, 1.165) is 6.54 Å². The third-order valence-corrected chi connectivity index (χ3v) is 6.12. The first kappa shape index (κ1) is 28.1. The second-order valence-corrected chi connectivity index (χ2v) is 8.45. The minimum Gasteiger partial charge on any atom is -0.425 e. The molecule has 0 aliphatic rings. The molecule has 7 nitrogen and oxygen atoms in total. The maximum Gasteiger partial charge on any atom is 0.467 e. The van der Waals surface area contributed by atoms with Gasteiger partial charge in [0.15, 0.2) is 20.0 Å². The number of hydrogen-bond acceptors (Lipinski definition) is 4. The third kappa shape index (κ3) is 5.84. The fourth-order valence-electron chi connectivity index (χ4n) is 1.22. The van der Waals surface area contributed by atoms with Gasteiger partial charge in [-0.1, -0.05) is 6.58 Å². The molecule has 0 spiro atoms. The normalized spacial score (nSPS) is 14.1. The van der Waals surface area contributed by atoms with Crippen LogP contribution in [0.4, 0.5) is 43.9 Å². The molecule has 0 aromatic carbocycles. The first-order valence-corrected chi connectivity index (χ1v) is 9.77. The summed E-state index contributed by atoms with van der Waals surface area (Å²) in [5.74, 6) is 0. The predicted octanol–water partition coefficient (Wildman–Crippen LogP) is 3.23. The van der Waals surface area contributed by atoms with Crippen LogP contribution in [-0.2, 0) is 26.6 Å². The monoisotopic (exact) mass is 503 g/mol. The summed E-state index contributed by atoms with van der Waals surface area (Å²) in [6.45, 7) is 6.75. The number of alkyl halides is 10. The highest BCUT2D eigenvalue weighted by molar-refractivity contribution is 8.13. The lowest BCUT2D eigenvalue weighted by atomic mass is 10.7. The molecule has 1 aromatic heterocycles. The lowest BCUT2D eigenvalue weighted by molar-refractivity contribution is -0.692. The second-order valence-electron chi connectivity index (χ2n) is 4.93. The molecule has 0 amide bonds. The van der Waals surface area contributed by atoms with Crippen LogP contribution < -0.4 is 4.57 Å². The van der Waals surface area contributed by atoms with Gasteiger partial charge in [-0.05, 0) is 6.92 Å². The smallest absolute Gasteiger partial charge is 0.425 e. The van der Waals surface area contributed by atoms with Crippen LogP contribution in [0.25, 0.3) is 10.3 Å². The van der Waals surface area contributed by atoms with Gasteiger partial charge in [-0.25, -0.2) is 26.0 Å². The van der Waals surface area contributed by atoms with Crippen LogP contribution >= 0.6 is 0 Å². The van der Waals surface area contributed by atoms with Gasteiger partial charge < -0.3 is 4.13 Å². The summed E-state index contributed by atoms with van der Waals surface area (Å²) in [5, 5.41) is -14.0. The molecule has 0 aliphatic heterocycles. The zero-order valence-corrected chi connectivity index (χ0v) is 15.9. The van der Waals surface area contributed by atoms with E-state index in [1.165, 1.54) is 0 Å². The average Bonchev–Trinajstić information content (AvgIpc) is 3.00. The first-order valence-electron chi connectivity index (χ1n) is 6.89. The number of aromatic nitrogens is 2. The van der Waals surface area contributed by atoms with Crippen molar-refractivity contribution in [2.45, 2.75) is 36.3 Å². The van der Waals surface area contributed by atoms with E-state index in [9.17, 15) is 60.7 Å².